The Bertz CT molecular complexity index is 2160. The van der Waals surface area contributed by atoms with E-state index in [4.69, 9.17) is 0 Å². The highest BCUT2D eigenvalue weighted by Crippen LogP contribution is 2.20. The van der Waals surface area contributed by atoms with E-state index in [1.54, 1.807) is 48.5 Å². The van der Waals surface area contributed by atoms with Gasteiger partial charge in [0.15, 0.2) is 0 Å². The van der Waals surface area contributed by atoms with Crippen LogP contribution in [-0.2, 0) is 54.5 Å². The molecule has 2 bridgehead atoms. The number of carboxylic acids is 1. The number of carboxylic acid groups (broad SMARTS) is 1. The van der Waals surface area contributed by atoms with Gasteiger partial charge in [-0.15, -0.1) is 0 Å². The molecule has 4 aromatic carbocycles. The van der Waals surface area contributed by atoms with E-state index in [0.29, 0.717) is 22.4 Å². The molecular weight excluding hydrogens is 743 g/mol. The quantitative estimate of drug-likeness (QED) is 0.126. The highest BCUT2D eigenvalue weighted by atomic mass is 32.1. The van der Waals surface area contributed by atoms with Crippen molar-refractivity contribution in [2.45, 2.75) is 62.7 Å². The number of thiophene rings is 1. The van der Waals surface area contributed by atoms with Gasteiger partial charge in [0.05, 0.1) is 0 Å². The highest BCUT2D eigenvalue weighted by molar-refractivity contribution is 7.07. The van der Waals surface area contributed by atoms with E-state index in [9.17, 15) is 33.9 Å². The van der Waals surface area contributed by atoms with Crippen LogP contribution in [0.2, 0.25) is 0 Å². The van der Waals surface area contributed by atoms with Gasteiger partial charge >= 0.3 is 5.97 Å². The summed E-state index contributed by atoms with van der Waals surface area (Å²) in [6.45, 7) is 0. The SMILES string of the molecule is O=C1CCC(=O)NC(Cc2ccsc2)C(=O)NC(Cc2ccc(-c3ccccc3)cc2)C(=O)NC(Cc2ccccc2)C(=O)NC(C(=O)O)Cc2ccc(cc2)N1. The summed E-state index contributed by atoms with van der Waals surface area (Å²) in [5.41, 5.74) is 5.19. The Morgan fingerprint density at radius 2 is 1.09 bits per heavy atom. The minimum absolute atomic E-state index is 0.0270. The Labute approximate surface area is 334 Å². The molecule has 0 saturated heterocycles. The van der Waals surface area contributed by atoms with Crippen molar-refractivity contribution < 1.29 is 33.9 Å². The molecule has 57 heavy (non-hydrogen) atoms. The number of hydrogen-bond donors (Lipinski definition) is 6. The fourth-order valence-electron chi connectivity index (χ4n) is 6.52. The van der Waals surface area contributed by atoms with Crippen molar-refractivity contribution in [1.29, 1.82) is 0 Å². The van der Waals surface area contributed by atoms with Gasteiger partial charge in [0.1, 0.15) is 24.2 Å². The van der Waals surface area contributed by atoms with Crippen LogP contribution in [0.25, 0.3) is 11.1 Å². The van der Waals surface area contributed by atoms with Crippen LogP contribution in [0.1, 0.15) is 35.1 Å². The summed E-state index contributed by atoms with van der Waals surface area (Å²) in [4.78, 5) is 81.0. The standard InChI is InChI=1S/C44H43N5O7S/c50-39-19-20-40(51)46-35(26-31-21-22-57-27-31)41(52)47-37(24-29-11-15-33(16-12-29)32-9-5-2-6-10-32)42(53)48-36(23-28-7-3-1-4-8-28)43(54)49-38(44(55)56)25-30-13-17-34(45-39)18-14-30/h1-18,21-22,27,35-38H,19-20,23-26H2,(H,45,50)(H,46,51)(H,47,52)(H,48,53)(H,49,54)(H,55,56). The Morgan fingerprint density at radius 3 is 1.68 bits per heavy atom. The Kier molecular flexibility index (Phi) is 13.6. The third-order valence-electron chi connectivity index (χ3n) is 9.59. The number of amides is 5. The molecule has 7 rings (SSSR count). The molecule has 5 amide bonds. The van der Waals surface area contributed by atoms with Gasteiger partial charge < -0.3 is 31.7 Å². The van der Waals surface area contributed by atoms with Crippen LogP contribution < -0.4 is 26.6 Å². The highest BCUT2D eigenvalue weighted by Gasteiger charge is 2.32. The molecule has 2 aliphatic rings. The zero-order valence-corrected chi connectivity index (χ0v) is 31.8. The number of carbonyl (C=O) groups is 6. The molecule has 0 spiro atoms. The maximum Gasteiger partial charge on any atom is 0.326 e. The fourth-order valence-corrected chi connectivity index (χ4v) is 7.20. The Morgan fingerprint density at radius 1 is 0.561 bits per heavy atom. The first-order valence-corrected chi connectivity index (χ1v) is 19.6. The molecule has 0 aliphatic carbocycles. The molecule has 4 atom stereocenters. The summed E-state index contributed by atoms with van der Waals surface area (Å²) in [5.74, 6) is -4.29. The summed E-state index contributed by atoms with van der Waals surface area (Å²) >= 11 is 1.43. The average Bonchev–Trinajstić information content (AvgIpc) is 3.73. The van der Waals surface area contributed by atoms with Crippen molar-refractivity contribution in [3.63, 3.8) is 0 Å². The molecular formula is C44H43N5O7S. The van der Waals surface area contributed by atoms with Gasteiger partial charge in [-0.05, 0) is 62.3 Å². The van der Waals surface area contributed by atoms with Gasteiger partial charge in [0.2, 0.25) is 29.5 Å². The van der Waals surface area contributed by atoms with E-state index in [0.717, 1.165) is 16.7 Å². The summed E-state index contributed by atoms with van der Waals surface area (Å²) in [6, 6.07) is 29.7. The lowest BCUT2D eigenvalue weighted by Gasteiger charge is -2.26. The van der Waals surface area contributed by atoms with Crippen LogP contribution in [0, 0.1) is 0 Å². The molecule has 5 aromatic rings. The zero-order chi connectivity index (χ0) is 40.1. The van der Waals surface area contributed by atoms with Crippen molar-refractivity contribution in [2.75, 3.05) is 5.32 Å². The number of hydrogen-bond acceptors (Lipinski definition) is 7. The fraction of sp³-hybridized carbons (Fsp3) is 0.227. The van der Waals surface area contributed by atoms with Gasteiger partial charge in [-0.1, -0.05) is 97.1 Å². The molecule has 0 fully saturated rings. The second-order valence-electron chi connectivity index (χ2n) is 13.9. The van der Waals surface area contributed by atoms with E-state index < -0.39 is 59.7 Å². The number of anilines is 1. The number of rotatable bonds is 8. The second kappa shape index (κ2) is 19.3. The Balaban J connectivity index is 1.34. The lowest BCUT2D eigenvalue weighted by atomic mass is 9.99. The van der Waals surface area contributed by atoms with Gasteiger partial charge in [-0.2, -0.15) is 11.3 Å². The lowest BCUT2D eigenvalue weighted by Crippen LogP contribution is -2.59. The molecule has 2 aliphatic heterocycles. The summed E-state index contributed by atoms with van der Waals surface area (Å²) in [7, 11) is 0. The molecule has 3 heterocycles. The minimum atomic E-state index is -1.35. The Hall–Kier alpha value is -6.60. The molecule has 292 valence electrons. The largest absolute Gasteiger partial charge is 0.480 e. The van der Waals surface area contributed by atoms with Crippen molar-refractivity contribution >= 4 is 52.5 Å². The van der Waals surface area contributed by atoms with Crippen molar-refractivity contribution in [2.24, 2.45) is 0 Å². The topological polar surface area (TPSA) is 183 Å². The van der Waals surface area contributed by atoms with Crippen LogP contribution in [0.4, 0.5) is 5.69 Å². The number of benzene rings is 4. The van der Waals surface area contributed by atoms with Gasteiger partial charge in [-0.3, -0.25) is 24.0 Å². The predicted molar refractivity (Wildman–Crippen MR) is 217 cm³/mol. The summed E-state index contributed by atoms with van der Waals surface area (Å²) in [5, 5.41) is 27.6. The summed E-state index contributed by atoms with van der Waals surface area (Å²) in [6.07, 6.45) is -0.272. The van der Waals surface area contributed by atoms with Crippen LogP contribution in [0.15, 0.2) is 126 Å². The first-order chi connectivity index (χ1) is 27.6. The number of aliphatic carboxylic acids is 1. The van der Waals surface area contributed by atoms with Crippen molar-refractivity contribution in [1.82, 2.24) is 21.3 Å². The molecule has 0 radical (unpaired) electrons. The van der Waals surface area contributed by atoms with E-state index in [2.05, 4.69) is 26.6 Å². The maximum absolute atomic E-state index is 14.4. The van der Waals surface area contributed by atoms with Crippen molar-refractivity contribution in [3.05, 3.63) is 148 Å². The van der Waals surface area contributed by atoms with Crippen LogP contribution in [0.3, 0.4) is 0 Å². The molecule has 6 N–H and O–H groups in total. The molecule has 4 unspecified atom stereocenters. The van der Waals surface area contributed by atoms with E-state index in [1.165, 1.54) is 11.3 Å². The molecule has 0 saturated carbocycles. The van der Waals surface area contributed by atoms with E-state index in [1.807, 2.05) is 77.5 Å². The van der Waals surface area contributed by atoms with Crippen molar-refractivity contribution in [3.8, 4) is 11.1 Å². The zero-order valence-electron chi connectivity index (χ0n) is 31.0. The van der Waals surface area contributed by atoms with E-state index in [-0.39, 0.29) is 38.5 Å². The van der Waals surface area contributed by atoms with Gasteiger partial charge in [0, 0.05) is 44.2 Å². The van der Waals surface area contributed by atoms with Crippen LogP contribution in [0.5, 0.6) is 0 Å². The number of carbonyl (C=O) groups excluding carboxylic acids is 5. The number of fused-ring (bicyclic) bond motifs is 18. The molecule has 1 aromatic heterocycles. The second-order valence-corrected chi connectivity index (χ2v) is 14.7. The van der Waals surface area contributed by atoms with Gasteiger partial charge in [-0.25, -0.2) is 4.79 Å². The predicted octanol–water partition coefficient (Wildman–Crippen LogP) is 4.44. The lowest BCUT2D eigenvalue weighted by molar-refractivity contribution is -0.142. The maximum atomic E-state index is 14.4. The minimum Gasteiger partial charge on any atom is -0.480 e. The third-order valence-corrected chi connectivity index (χ3v) is 10.3. The molecule has 13 heteroatoms. The third kappa shape index (κ3) is 11.7. The first kappa shape index (κ1) is 40.1. The smallest absolute Gasteiger partial charge is 0.326 e. The number of nitrogens with one attached hydrogen (secondary N) is 5. The molecule has 12 nitrogen and oxygen atoms in total. The monoisotopic (exact) mass is 785 g/mol. The van der Waals surface area contributed by atoms with Crippen LogP contribution >= 0.6 is 11.3 Å². The van der Waals surface area contributed by atoms with Crippen LogP contribution in [-0.4, -0.2) is 64.8 Å². The average molecular weight is 786 g/mol. The van der Waals surface area contributed by atoms with E-state index >= 15 is 0 Å². The normalized spacial score (nSPS) is 19.9. The summed E-state index contributed by atoms with van der Waals surface area (Å²) < 4.78 is 0. The first-order valence-electron chi connectivity index (χ1n) is 18.6. The van der Waals surface area contributed by atoms with Gasteiger partial charge in [0.25, 0.3) is 0 Å².